The second-order valence-corrected chi connectivity index (χ2v) is 7.75. The first kappa shape index (κ1) is 23.4. The molecule has 2 aliphatic heterocycles. The maximum atomic E-state index is 12.8. The first-order valence-electron chi connectivity index (χ1n) is 10.4. The summed E-state index contributed by atoms with van der Waals surface area (Å²) in [4.78, 5) is 39.7. The second kappa shape index (κ2) is 10.9. The third kappa shape index (κ3) is 6.14. The van der Waals surface area contributed by atoms with E-state index < -0.39 is 11.9 Å². The number of amides is 1. The molecule has 4 heterocycles. The molecule has 2 aliphatic rings. The molecule has 0 radical (unpaired) electrons. The van der Waals surface area contributed by atoms with Crippen molar-refractivity contribution in [2.24, 2.45) is 5.92 Å². The molecule has 10 nitrogen and oxygen atoms in total. The number of rotatable bonds is 4. The van der Waals surface area contributed by atoms with Crippen molar-refractivity contribution in [1.29, 1.82) is 0 Å². The van der Waals surface area contributed by atoms with Crippen LogP contribution in [0.3, 0.4) is 0 Å². The van der Waals surface area contributed by atoms with E-state index >= 15 is 0 Å². The molecule has 2 aromatic heterocycles. The lowest BCUT2D eigenvalue weighted by Gasteiger charge is -2.22. The van der Waals surface area contributed by atoms with Gasteiger partial charge >= 0.3 is 11.9 Å². The van der Waals surface area contributed by atoms with Gasteiger partial charge in [0.05, 0.1) is 30.8 Å². The lowest BCUT2D eigenvalue weighted by Crippen LogP contribution is -2.33. The molecule has 0 spiro atoms. The Balaban J connectivity index is 0.000000427. The van der Waals surface area contributed by atoms with Crippen LogP contribution in [0.15, 0.2) is 41.3 Å². The third-order valence-corrected chi connectivity index (χ3v) is 5.50. The molecule has 2 aromatic rings. The zero-order valence-corrected chi connectivity index (χ0v) is 17.8. The Morgan fingerprint density at radius 2 is 1.91 bits per heavy atom. The minimum Gasteiger partial charge on any atom is -0.473 e. The summed E-state index contributed by atoms with van der Waals surface area (Å²) >= 11 is 0. The number of aryl methyl sites for hydroxylation is 1. The number of ether oxygens (including phenoxy) is 1. The number of aliphatic carboxylic acids is 2. The summed E-state index contributed by atoms with van der Waals surface area (Å²) < 4.78 is 11.2. The minimum absolute atomic E-state index is 0.0539. The molecule has 10 heteroatoms. The standard InChI is InChI=1S/C20H25N3O3.C2H2O4/c1-2-18-4-3-16(9-21-18)20(24)23-12-17-11-22(6-8-26-19(17)13-23)10-15-5-7-25-14-15;3-1(4)2(5)6/h3-5,7,9,14,17,19H,2,6,8,10-13H2,1H3;(H,3,4)(H,5,6)/t17-,19+;/m0./s1. The van der Waals surface area contributed by atoms with Crippen molar-refractivity contribution in [2.75, 3.05) is 32.8 Å². The molecule has 0 saturated carbocycles. The molecule has 2 atom stereocenters. The van der Waals surface area contributed by atoms with Crippen LogP contribution in [-0.4, -0.2) is 81.7 Å². The van der Waals surface area contributed by atoms with Crippen molar-refractivity contribution >= 4 is 17.8 Å². The second-order valence-electron chi connectivity index (χ2n) is 7.75. The van der Waals surface area contributed by atoms with Gasteiger partial charge in [-0.1, -0.05) is 6.92 Å². The number of hydrogen-bond donors (Lipinski definition) is 2. The molecule has 0 bridgehead atoms. The highest BCUT2D eigenvalue weighted by Gasteiger charge is 2.38. The largest absolute Gasteiger partial charge is 0.473 e. The van der Waals surface area contributed by atoms with E-state index in [0.29, 0.717) is 24.6 Å². The summed E-state index contributed by atoms with van der Waals surface area (Å²) in [7, 11) is 0. The Kier molecular flexibility index (Phi) is 7.96. The highest BCUT2D eigenvalue weighted by molar-refractivity contribution is 6.27. The minimum atomic E-state index is -1.82. The monoisotopic (exact) mass is 445 g/mol. The molecule has 4 rings (SSSR count). The fourth-order valence-corrected chi connectivity index (χ4v) is 3.85. The number of carbonyl (C=O) groups is 3. The van der Waals surface area contributed by atoms with Gasteiger partial charge in [0.2, 0.25) is 0 Å². The zero-order chi connectivity index (χ0) is 23.1. The maximum Gasteiger partial charge on any atom is 0.414 e. The summed E-state index contributed by atoms with van der Waals surface area (Å²) in [6.45, 7) is 6.87. The Morgan fingerprint density at radius 3 is 2.50 bits per heavy atom. The lowest BCUT2D eigenvalue weighted by molar-refractivity contribution is -0.159. The van der Waals surface area contributed by atoms with Crippen LogP contribution in [0.1, 0.15) is 28.5 Å². The van der Waals surface area contributed by atoms with Gasteiger partial charge in [-0.3, -0.25) is 14.7 Å². The van der Waals surface area contributed by atoms with Gasteiger partial charge in [0.25, 0.3) is 5.91 Å². The van der Waals surface area contributed by atoms with E-state index in [-0.39, 0.29) is 12.0 Å². The zero-order valence-electron chi connectivity index (χ0n) is 17.8. The number of likely N-dealkylation sites (tertiary alicyclic amines) is 1. The van der Waals surface area contributed by atoms with Crippen molar-refractivity contribution in [1.82, 2.24) is 14.8 Å². The summed E-state index contributed by atoms with van der Waals surface area (Å²) in [6.07, 6.45) is 6.20. The first-order valence-corrected chi connectivity index (χ1v) is 10.4. The lowest BCUT2D eigenvalue weighted by atomic mass is 10.1. The average Bonchev–Trinajstić information content (AvgIpc) is 3.40. The number of fused-ring (bicyclic) bond motifs is 1. The summed E-state index contributed by atoms with van der Waals surface area (Å²) in [5, 5.41) is 14.8. The summed E-state index contributed by atoms with van der Waals surface area (Å²) in [5.41, 5.74) is 2.84. The number of carboxylic acid groups (broad SMARTS) is 2. The van der Waals surface area contributed by atoms with Gasteiger partial charge in [0.15, 0.2) is 0 Å². The Bertz CT molecular complexity index is 902. The number of carbonyl (C=O) groups excluding carboxylic acids is 1. The first-order chi connectivity index (χ1) is 15.4. The highest BCUT2D eigenvalue weighted by atomic mass is 16.5. The van der Waals surface area contributed by atoms with E-state index in [0.717, 1.165) is 38.3 Å². The molecule has 0 aromatic carbocycles. The van der Waals surface area contributed by atoms with Crippen molar-refractivity contribution in [3.05, 3.63) is 53.7 Å². The van der Waals surface area contributed by atoms with Crippen molar-refractivity contribution in [3.8, 4) is 0 Å². The number of carboxylic acids is 2. The van der Waals surface area contributed by atoms with Crippen LogP contribution in [0.2, 0.25) is 0 Å². The molecular formula is C22H27N3O7. The van der Waals surface area contributed by atoms with Crippen molar-refractivity contribution < 1.29 is 33.8 Å². The Morgan fingerprint density at radius 1 is 1.12 bits per heavy atom. The molecule has 32 heavy (non-hydrogen) atoms. The number of nitrogens with zero attached hydrogens (tertiary/aromatic N) is 3. The van der Waals surface area contributed by atoms with Gasteiger partial charge in [-0.2, -0.15) is 0 Å². The van der Waals surface area contributed by atoms with E-state index in [1.165, 1.54) is 5.56 Å². The molecule has 2 saturated heterocycles. The van der Waals surface area contributed by atoms with Gasteiger partial charge in [-0.05, 0) is 24.6 Å². The highest BCUT2D eigenvalue weighted by Crippen LogP contribution is 2.26. The van der Waals surface area contributed by atoms with Gasteiger partial charge < -0.3 is 24.3 Å². The van der Waals surface area contributed by atoms with Gasteiger partial charge in [0, 0.05) is 56.1 Å². The fraction of sp³-hybridized carbons (Fsp3) is 0.455. The van der Waals surface area contributed by atoms with Gasteiger partial charge in [-0.15, -0.1) is 0 Å². The topological polar surface area (TPSA) is 133 Å². The van der Waals surface area contributed by atoms with Crippen LogP contribution >= 0.6 is 0 Å². The number of pyridine rings is 1. The van der Waals surface area contributed by atoms with Crippen LogP contribution in [0.5, 0.6) is 0 Å². The van der Waals surface area contributed by atoms with Crippen LogP contribution < -0.4 is 0 Å². The third-order valence-electron chi connectivity index (χ3n) is 5.50. The molecule has 0 unspecified atom stereocenters. The van der Waals surface area contributed by atoms with Crippen molar-refractivity contribution in [3.63, 3.8) is 0 Å². The van der Waals surface area contributed by atoms with Crippen LogP contribution in [0.4, 0.5) is 0 Å². The Labute approximate surface area is 185 Å². The SMILES string of the molecule is CCc1ccc(C(=O)N2C[C@@H]3CN(Cc4ccoc4)CCO[C@@H]3C2)cn1.O=C(O)C(=O)O. The van der Waals surface area contributed by atoms with E-state index in [9.17, 15) is 4.79 Å². The fourth-order valence-electron chi connectivity index (χ4n) is 3.85. The van der Waals surface area contributed by atoms with Gasteiger partial charge in [0.1, 0.15) is 0 Å². The molecule has 172 valence electrons. The summed E-state index contributed by atoms with van der Waals surface area (Å²) in [5.74, 6) is -3.25. The quantitative estimate of drug-likeness (QED) is 0.669. The van der Waals surface area contributed by atoms with E-state index in [4.69, 9.17) is 29.0 Å². The molecule has 2 N–H and O–H groups in total. The molecule has 2 fully saturated rings. The van der Waals surface area contributed by atoms with Crippen LogP contribution in [-0.2, 0) is 27.3 Å². The van der Waals surface area contributed by atoms with Crippen LogP contribution in [0.25, 0.3) is 0 Å². The van der Waals surface area contributed by atoms with Crippen LogP contribution in [0, 0.1) is 5.92 Å². The molecule has 1 amide bonds. The average molecular weight is 445 g/mol. The predicted molar refractivity (Wildman–Crippen MR) is 112 cm³/mol. The number of aromatic nitrogens is 1. The Hall–Kier alpha value is -3.24. The maximum absolute atomic E-state index is 12.8. The molecular weight excluding hydrogens is 418 g/mol. The van der Waals surface area contributed by atoms with E-state index in [2.05, 4.69) is 16.8 Å². The smallest absolute Gasteiger partial charge is 0.414 e. The number of hydrogen-bond acceptors (Lipinski definition) is 7. The number of furan rings is 1. The summed E-state index contributed by atoms with van der Waals surface area (Å²) in [6, 6.07) is 5.82. The van der Waals surface area contributed by atoms with E-state index in [1.54, 1.807) is 18.7 Å². The predicted octanol–water partition coefficient (Wildman–Crippen LogP) is 1.37. The van der Waals surface area contributed by atoms with E-state index in [1.807, 2.05) is 23.1 Å². The van der Waals surface area contributed by atoms with Gasteiger partial charge in [-0.25, -0.2) is 9.59 Å². The van der Waals surface area contributed by atoms with Crippen molar-refractivity contribution in [2.45, 2.75) is 26.0 Å². The molecule has 0 aliphatic carbocycles. The normalized spacial score (nSPS) is 20.6.